The monoisotopic (exact) mass is 804 g/mol. The number of nitrogens with one attached hydrogen (secondary N) is 1. The van der Waals surface area contributed by atoms with Gasteiger partial charge in [0, 0.05) is 0 Å². The maximum Gasteiger partial charge on any atom is 0.249 e. The average molecular weight is 804 g/mol. The summed E-state index contributed by atoms with van der Waals surface area (Å²) in [5, 5.41) is 43.7. The highest BCUT2D eigenvalue weighted by Gasteiger charge is 2.28. The molecule has 0 aliphatic carbocycles. The van der Waals surface area contributed by atoms with Crippen LogP contribution in [0.3, 0.4) is 0 Å². The Hall–Kier alpha value is -1.47. The van der Waals surface area contributed by atoms with Gasteiger partial charge in [-0.25, -0.2) is 0 Å². The Balaban J connectivity index is 3.69. The molecule has 0 heterocycles. The van der Waals surface area contributed by atoms with Crippen LogP contribution in [-0.2, 0) is 4.79 Å². The van der Waals surface area contributed by atoms with Crippen LogP contribution in [0.5, 0.6) is 0 Å². The van der Waals surface area contributed by atoms with Gasteiger partial charge in [-0.1, -0.05) is 224 Å². The second-order valence-electron chi connectivity index (χ2n) is 17.1. The van der Waals surface area contributed by atoms with E-state index < -0.39 is 36.9 Å². The largest absolute Gasteiger partial charge is 0.394 e. The third-order valence-corrected chi connectivity index (χ3v) is 11.6. The molecule has 0 aromatic rings. The SMILES string of the molecule is CCCCC/C=C/CC/C=C/CC/C=C/CCCC(O)C(O)C(CO)NC(=O)C(O)CCCCCCCCCCCCCCCCCCCCCCCCCCC. The van der Waals surface area contributed by atoms with Crippen LogP contribution in [0.25, 0.3) is 0 Å². The predicted octanol–water partition coefficient (Wildman–Crippen LogP) is 13.7. The minimum Gasteiger partial charge on any atom is -0.394 e. The van der Waals surface area contributed by atoms with Gasteiger partial charge in [0.15, 0.2) is 0 Å². The second kappa shape index (κ2) is 45.6. The number of amides is 1. The van der Waals surface area contributed by atoms with Gasteiger partial charge in [0.25, 0.3) is 0 Å². The number of carbonyl (C=O) groups excluding carboxylic acids is 1. The molecule has 5 N–H and O–H groups in total. The Bertz CT molecular complexity index is 904. The van der Waals surface area contributed by atoms with Crippen molar-refractivity contribution >= 4 is 5.91 Å². The molecule has 0 rings (SSSR count). The van der Waals surface area contributed by atoms with Crippen molar-refractivity contribution in [3.05, 3.63) is 36.5 Å². The zero-order valence-electron chi connectivity index (χ0n) is 37.8. The van der Waals surface area contributed by atoms with Gasteiger partial charge >= 0.3 is 0 Å². The van der Waals surface area contributed by atoms with Crippen LogP contribution < -0.4 is 5.32 Å². The molecular formula is C51H97NO5. The zero-order chi connectivity index (χ0) is 41.7. The fourth-order valence-electron chi connectivity index (χ4n) is 7.61. The Labute approximate surface area is 354 Å². The number of aliphatic hydroxyl groups is 4. The number of aliphatic hydroxyl groups excluding tert-OH is 4. The van der Waals surface area contributed by atoms with Gasteiger partial charge in [0.1, 0.15) is 12.2 Å². The Morgan fingerprint density at radius 1 is 0.421 bits per heavy atom. The first kappa shape index (κ1) is 55.5. The maximum absolute atomic E-state index is 12.5. The molecule has 0 radical (unpaired) electrons. The molecule has 0 aromatic heterocycles. The van der Waals surface area contributed by atoms with Crippen molar-refractivity contribution in [2.45, 2.75) is 276 Å². The minimum absolute atomic E-state index is 0.362. The molecule has 0 saturated carbocycles. The summed E-state index contributed by atoms with van der Waals surface area (Å²) in [7, 11) is 0. The fraction of sp³-hybridized carbons (Fsp3) is 0.863. The van der Waals surface area contributed by atoms with E-state index >= 15 is 0 Å². The first-order chi connectivity index (χ1) is 28.0. The van der Waals surface area contributed by atoms with Gasteiger partial charge in [-0.3, -0.25) is 4.79 Å². The normalized spacial score (nSPS) is 14.3. The van der Waals surface area contributed by atoms with Crippen molar-refractivity contribution < 1.29 is 25.2 Å². The predicted molar refractivity (Wildman–Crippen MR) is 247 cm³/mol. The summed E-state index contributed by atoms with van der Waals surface area (Å²) in [5.74, 6) is -0.597. The van der Waals surface area contributed by atoms with Gasteiger partial charge in [-0.05, 0) is 64.2 Å². The van der Waals surface area contributed by atoms with Crippen LogP contribution in [0, 0.1) is 0 Å². The molecule has 4 unspecified atom stereocenters. The lowest BCUT2D eigenvalue weighted by Gasteiger charge is -2.27. The number of rotatable bonds is 45. The van der Waals surface area contributed by atoms with Crippen LogP contribution in [-0.4, -0.2) is 57.3 Å². The number of allylic oxidation sites excluding steroid dienone is 6. The van der Waals surface area contributed by atoms with Crippen LogP contribution in [0.1, 0.15) is 251 Å². The minimum atomic E-state index is -1.29. The van der Waals surface area contributed by atoms with Gasteiger partial charge < -0.3 is 25.7 Å². The molecule has 0 aliphatic rings. The highest BCUT2D eigenvalue weighted by molar-refractivity contribution is 5.80. The maximum atomic E-state index is 12.5. The number of hydrogen-bond donors (Lipinski definition) is 5. The van der Waals surface area contributed by atoms with Crippen molar-refractivity contribution in [3.63, 3.8) is 0 Å². The summed E-state index contributed by atoms with van der Waals surface area (Å²) in [5.41, 5.74) is 0. The Kier molecular flexibility index (Phi) is 44.4. The van der Waals surface area contributed by atoms with E-state index in [0.717, 1.165) is 51.4 Å². The number of hydrogen-bond acceptors (Lipinski definition) is 5. The average Bonchev–Trinajstić information content (AvgIpc) is 3.22. The van der Waals surface area contributed by atoms with Crippen molar-refractivity contribution in [1.29, 1.82) is 0 Å². The molecule has 0 aromatic carbocycles. The molecule has 57 heavy (non-hydrogen) atoms. The quantitative estimate of drug-likeness (QED) is 0.0311. The van der Waals surface area contributed by atoms with Crippen molar-refractivity contribution in [1.82, 2.24) is 5.32 Å². The summed E-state index contributed by atoms with van der Waals surface area (Å²) in [6.45, 7) is 4.02. The molecule has 1 amide bonds. The summed E-state index contributed by atoms with van der Waals surface area (Å²) >= 11 is 0. The summed E-state index contributed by atoms with van der Waals surface area (Å²) < 4.78 is 0. The van der Waals surface area contributed by atoms with Gasteiger partial charge in [-0.2, -0.15) is 0 Å². The molecule has 6 nitrogen and oxygen atoms in total. The fourth-order valence-corrected chi connectivity index (χ4v) is 7.61. The Morgan fingerprint density at radius 2 is 0.737 bits per heavy atom. The molecule has 336 valence electrons. The van der Waals surface area contributed by atoms with Crippen LogP contribution in [0.4, 0.5) is 0 Å². The van der Waals surface area contributed by atoms with Gasteiger partial charge in [0.2, 0.25) is 5.91 Å². The molecule has 4 atom stereocenters. The molecular weight excluding hydrogens is 707 g/mol. The summed E-state index contributed by atoms with van der Waals surface area (Å²) in [6.07, 6.45) is 54.8. The summed E-state index contributed by atoms with van der Waals surface area (Å²) in [6, 6.07) is -1.01. The lowest BCUT2D eigenvalue weighted by atomic mass is 10.00. The van der Waals surface area contributed by atoms with Crippen molar-refractivity contribution in [2.75, 3.05) is 6.61 Å². The van der Waals surface area contributed by atoms with E-state index in [4.69, 9.17) is 0 Å². The smallest absolute Gasteiger partial charge is 0.249 e. The Morgan fingerprint density at radius 3 is 1.11 bits per heavy atom. The van der Waals surface area contributed by atoms with Crippen LogP contribution in [0.15, 0.2) is 36.5 Å². The first-order valence-corrected chi connectivity index (χ1v) is 24.9. The highest BCUT2D eigenvalue weighted by atomic mass is 16.3. The van der Waals surface area contributed by atoms with E-state index in [1.165, 1.54) is 167 Å². The van der Waals surface area contributed by atoms with E-state index in [1.54, 1.807) is 0 Å². The molecule has 6 heteroatoms. The molecule has 0 saturated heterocycles. The van der Waals surface area contributed by atoms with Gasteiger partial charge in [-0.15, -0.1) is 0 Å². The second-order valence-corrected chi connectivity index (χ2v) is 17.1. The third-order valence-electron chi connectivity index (χ3n) is 11.6. The topological polar surface area (TPSA) is 110 Å². The lowest BCUT2D eigenvalue weighted by molar-refractivity contribution is -0.132. The standard InChI is InChI=1S/C51H97NO5/c1-3-5-7-9-11-13-15-17-19-21-22-23-24-25-26-27-28-29-31-33-35-37-39-41-43-45-49(55)51(57)52-47(46-53)50(56)48(54)44-42-40-38-36-34-32-30-20-18-16-14-12-10-8-6-4-2/h12,14,20,30,36,38,47-50,53-56H,3-11,13,15-19,21-29,31-35,37,39-46H2,1-2H3,(H,52,57)/b14-12+,30-20+,38-36+. The lowest BCUT2D eigenvalue weighted by Crippen LogP contribution is -2.53. The molecule has 0 spiro atoms. The third kappa shape index (κ3) is 39.7. The van der Waals surface area contributed by atoms with Crippen molar-refractivity contribution in [3.8, 4) is 0 Å². The van der Waals surface area contributed by atoms with Gasteiger partial charge in [0.05, 0.1) is 18.8 Å². The van der Waals surface area contributed by atoms with E-state index in [-0.39, 0.29) is 0 Å². The number of unbranched alkanes of at least 4 members (excludes halogenated alkanes) is 30. The summed E-state index contributed by atoms with van der Waals surface area (Å²) in [4.78, 5) is 12.5. The van der Waals surface area contributed by atoms with E-state index in [0.29, 0.717) is 19.3 Å². The van der Waals surface area contributed by atoms with Crippen molar-refractivity contribution in [2.24, 2.45) is 0 Å². The first-order valence-electron chi connectivity index (χ1n) is 24.9. The molecule has 0 aliphatic heterocycles. The highest BCUT2D eigenvalue weighted by Crippen LogP contribution is 2.17. The number of carbonyl (C=O) groups is 1. The molecule has 0 fully saturated rings. The molecule has 0 bridgehead atoms. The zero-order valence-corrected chi connectivity index (χ0v) is 37.8. The van der Waals surface area contributed by atoms with Crippen LogP contribution >= 0.6 is 0 Å². The van der Waals surface area contributed by atoms with E-state index in [1.807, 2.05) is 0 Å². The van der Waals surface area contributed by atoms with E-state index in [2.05, 4.69) is 55.6 Å². The van der Waals surface area contributed by atoms with Crippen LogP contribution in [0.2, 0.25) is 0 Å². The van der Waals surface area contributed by atoms with E-state index in [9.17, 15) is 25.2 Å².